The fourth-order valence-electron chi connectivity index (χ4n) is 2.17. The summed E-state index contributed by atoms with van der Waals surface area (Å²) in [5, 5.41) is 4.28. The van der Waals surface area contributed by atoms with Crippen molar-refractivity contribution in [1.29, 1.82) is 0 Å². The third-order valence-corrected chi connectivity index (χ3v) is 3.31. The first-order valence-electron chi connectivity index (χ1n) is 5.87. The summed E-state index contributed by atoms with van der Waals surface area (Å²) in [4.78, 5) is 13.6. The molecule has 4 nitrogen and oxygen atoms in total. The van der Waals surface area contributed by atoms with E-state index >= 15 is 0 Å². The average molecular weight is 221 g/mol. The molecule has 0 aliphatic carbocycles. The van der Waals surface area contributed by atoms with Gasteiger partial charge in [-0.3, -0.25) is 14.4 Å². The molecule has 16 heavy (non-hydrogen) atoms. The number of nitrogens with zero attached hydrogens (tertiary/aromatic N) is 3. The molecule has 2 rings (SSSR count). The zero-order valence-electron chi connectivity index (χ0n) is 10.2. The Morgan fingerprint density at radius 1 is 1.56 bits per heavy atom. The molecule has 1 saturated heterocycles. The highest BCUT2D eigenvalue weighted by Gasteiger charge is 2.26. The van der Waals surface area contributed by atoms with Crippen molar-refractivity contribution in [2.75, 3.05) is 13.1 Å². The van der Waals surface area contributed by atoms with E-state index < -0.39 is 0 Å². The summed E-state index contributed by atoms with van der Waals surface area (Å²) in [5.74, 6) is 0.0879. The maximum absolute atomic E-state index is 11.2. The van der Waals surface area contributed by atoms with E-state index in [-0.39, 0.29) is 5.78 Å². The van der Waals surface area contributed by atoms with Gasteiger partial charge in [0.05, 0.1) is 17.8 Å². The normalized spacial score (nSPS) is 21.9. The molecule has 4 heteroatoms. The van der Waals surface area contributed by atoms with Crippen LogP contribution < -0.4 is 0 Å². The van der Waals surface area contributed by atoms with Gasteiger partial charge in [0.1, 0.15) is 0 Å². The van der Waals surface area contributed by atoms with Crippen LogP contribution in [0.3, 0.4) is 0 Å². The second-order valence-corrected chi connectivity index (χ2v) is 4.80. The molecule has 0 N–H and O–H groups in total. The first kappa shape index (κ1) is 11.3. The van der Waals surface area contributed by atoms with E-state index in [0.717, 1.165) is 19.5 Å². The summed E-state index contributed by atoms with van der Waals surface area (Å²) < 4.78 is 1.94. The Bertz CT molecular complexity index is 383. The van der Waals surface area contributed by atoms with Crippen LogP contribution in [0.25, 0.3) is 0 Å². The number of rotatable bonds is 3. The minimum absolute atomic E-state index is 0.0879. The molecule has 0 bridgehead atoms. The van der Waals surface area contributed by atoms with Gasteiger partial charge in [0.15, 0.2) is 5.78 Å². The van der Waals surface area contributed by atoms with Gasteiger partial charge in [-0.2, -0.15) is 5.10 Å². The molecule has 0 spiro atoms. The van der Waals surface area contributed by atoms with E-state index in [1.54, 1.807) is 13.1 Å². The molecule has 1 atom stereocenters. The van der Waals surface area contributed by atoms with Crippen molar-refractivity contribution >= 4 is 5.78 Å². The zero-order valence-corrected chi connectivity index (χ0v) is 10.2. The van der Waals surface area contributed by atoms with Gasteiger partial charge in [-0.05, 0) is 27.2 Å². The molecular weight excluding hydrogens is 202 g/mol. The number of aromatic nitrogens is 2. The first-order valence-corrected chi connectivity index (χ1v) is 5.87. The Kier molecular flexibility index (Phi) is 3.10. The Morgan fingerprint density at radius 2 is 2.31 bits per heavy atom. The summed E-state index contributed by atoms with van der Waals surface area (Å²) in [6.07, 6.45) is 4.66. The molecule has 1 aliphatic rings. The minimum Gasteiger partial charge on any atom is -0.299 e. The zero-order chi connectivity index (χ0) is 11.7. The van der Waals surface area contributed by atoms with Crippen LogP contribution in [0.15, 0.2) is 12.4 Å². The molecule has 2 heterocycles. The van der Waals surface area contributed by atoms with Crippen molar-refractivity contribution in [3.05, 3.63) is 18.0 Å². The monoisotopic (exact) mass is 221 g/mol. The number of Topliss-reactive ketones (excluding diaryl/α,β-unsaturated/α-hetero) is 1. The maximum Gasteiger partial charge on any atom is 0.162 e. The molecule has 0 aromatic carbocycles. The summed E-state index contributed by atoms with van der Waals surface area (Å²) >= 11 is 0. The summed E-state index contributed by atoms with van der Waals surface area (Å²) in [6.45, 7) is 8.17. The van der Waals surface area contributed by atoms with Crippen LogP contribution in [-0.2, 0) is 0 Å². The van der Waals surface area contributed by atoms with Gasteiger partial charge in [-0.1, -0.05) is 0 Å². The fraction of sp³-hybridized carbons (Fsp3) is 0.667. The SMILES string of the molecule is CC(=O)c1cnn(C2CCN(C(C)C)C2)c1. The second-order valence-electron chi connectivity index (χ2n) is 4.80. The highest BCUT2D eigenvalue weighted by atomic mass is 16.1. The molecule has 0 amide bonds. The number of carbonyl (C=O) groups is 1. The Labute approximate surface area is 96.2 Å². The van der Waals surface area contributed by atoms with E-state index in [9.17, 15) is 4.79 Å². The van der Waals surface area contributed by atoms with Crippen LogP contribution in [0.5, 0.6) is 0 Å². The van der Waals surface area contributed by atoms with Crippen LogP contribution >= 0.6 is 0 Å². The van der Waals surface area contributed by atoms with Gasteiger partial charge in [0.2, 0.25) is 0 Å². The third-order valence-electron chi connectivity index (χ3n) is 3.31. The van der Waals surface area contributed by atoms with Crippen molar-refractivity contribution in [3.8, 4) is 0 Å². The van der Waals surface area contributed by atoms with Gasteiger partial charge >= 0.3 is 0 Å². The number of likely N-dealkylation sites (tertiary alicyclic amines) is 1. The lowest BCUT2D eigenvalue weighted by Crippen LogP contribution is -2.28. The molecule has 0 radical (unpaired) electrons. The molecule has 1 aromatic rings. The average Bonchev–Trinajstić information content (AvgIpc) is 2.86. The smallest absolute Gasteiger partial charge is 0.162 e. The number of hydrogen-bond donors (Lipinski definition) is 0. The van der Waals surface area contributed by atoms with Crippen molar-refractivity contribution in [1.82, 2.24) is 14.7 Å². The van der Waals surface area contributed by atoms with Crippen molar-refractivity contribution in [2.24, 2.45) is 0 Å². The molecule has 1 fully saturated rings. The standard InChI is InChI=1S/C12H19N3O/c1-9(2)14-5-4-12(8-14)15-7-11(6-13-15)10(3)16/h6-7,9,12H,4-5,8H2,1-3H3. The van der Waals surface area contributed by atoms with Crippen molar-refractivity contribution in [3.63, 3.8) is 0 Å². The van der Waals surface area contributed by atoms with Crippen LogP contribution in [0.1, 0.15) is 43.6 Å². The Balaban J connectivity index is 2.06. The van der Waals surface area contributed by atoms with Crippen molar-refractivity contribution < 1.29 is 4.79 Å². The summed E-state index contributed by atoms with van der Waals surface area (Å²) in [5.41, 5.74) is 0.711. The lowest BCUT2D eigenvalue weighted by molar-refractivity contribution is 0.101. The number of carbonyl (C=O) groups excluding carboxylic acids is 1. The number of hydrogen-bond acceptors (Lipinski definition) is 3. The van der Waals surface area contributed by atoms with Crippen molar-refractivity contribution in [2.45, 2.75) is 39.3 Å². The van der Waals surface area contributed by atoms with Crippen LogP contribution in [0, 0.1) is 0 Å². The topological polar surface area (TPSA) is 38.1 Å². The highest BCUT2D eigenvalue weighted by Crippen LogP contribution is 2.22. The minimum atomic E-state index is 0.0879. The van der Waals surface area contributed by atoms with Gasteiger partial charge < -0.3 is 0 Å². The van der Waals surface area contributed by atoms with Gasteiger partial charge in [-0.15, -0.1) is 0 Å². The molecular formula is C12H19N3O. The third kappa shape index (κ3) is 2.16. The fourth-order valence-corrected chi connectivity index (χ4v) is 2.17. The Hall–Kier alpha value is -1.16. The number of ketones is 1. The lowest BCUT2D eigenvalue weighted by Gasteiger charge is -2.20. The van der Waals surface area contributed by atoms with E-state index in [4.69, 9.17) is 0 Å². The first-order chi connectivity index (χ1) is 7.58. The van der Waals surface area contributed by atoms with Crippen LogP contribution in [-0.4, -0.2) is 39.6 Å². The highest BCUT2D eigenvalue weighted by molar-refractivity contribution is 5.93. The molecule has 1 aromatic heterocycles. The summed E-state index contributed by atoms with van der Waals surface area (Å²) in [7, 11) is 0. The predicted octanol–water partition coefficient (Wildman–Crippen LogP) is 1.74. The molecule has 1 aliphatic heterocycles. The van der Waals surface area contributed by atoms with E-state index in [1.807, 2.05) is 10.9 Å². The largest absolute Gasteiger partial charge is 0.299 e. The van der Waals surface area contributed by atoms with Gasteiger partial charge in [0, 0.05) is 25.3 Å². The van der Waals surface area contributed by atoms with E-state index in [1.165, 1.54) is 0 Å². The molecule has 1 unspecified atom stereocenters. The predicted molar refractivity (Wildman–Crippen MR) is 62.6 cm³/mol. The second kappa shape index (κ2) is 4.37. The van der Waals surface area contributed by atoms with Crippen LogP contribution in [0.4, 0.5) is 0 Å². The quantitative estimate of drug-likeness (QED) is 0.730. The van der Waals surface area contributed by atoms with Gasteiger partial charge in [0.25, 0.3) is 0 Å². The Morgan fingerprint density at radius 3 is 2.81 bits per heavy atom. The maximum atomic E-state index is 11.2. The molecule has 88 valence electrons. The summed E-state index contributed by atoms with van der Waals surface area (Å²) in [6, 6.07) is 1.02. The van der Waals surface area contributed by atoms with E-state index in [0.29, 0.717) is 17.6 Å². The molecule has 0 saturated carbocycles. The van der Waals surface area contributed by atoms with Crippen LogP contribution in [0.2, 0.25) is 0 Å². The van der Waals surface area contributed by atoms with Gasteiger partial charge in [-0.25, -0.2) is 0 Å². The van der Waals surface area contributed by atoms with E-state index in [2.05, 4.69) is 23.8 Å². The lowest BCUT2D eigenvalue weighted by atomic mass is 10.2.